The van der Waals surface area contributed by atoms with Gasteiger partial charge in [0.1, 0.15) is 0 Å². The number of methoxy groups -OCH3 is 1. The number of nitrogens with two attached hydrogens (primary N) is 1. The third-order valence-corrected chi connectivity index (χ3v) is 3.85. The smallest absolute Gasteiger partial charge is 0.337 e. The van der Waals surface area contributed by atoms with Crippen molar-refractivity contribution in [1.29, 1.82) is 0 Å². The summed E-state index contributed by atoms with van der Waals surface area (Å²) in [5.41, 5.74) is 5.28. The molecule has 6 nitrogen and oxygen atoms in total. The van der Waals surface area contributed by atoms with Gasteiger partial charge in [0, 0.05) is 0 Å². The van der Waals surface area contributed by atoms with Crippen molar-refractivity contribution in [2.45, 2.75) is 11.7 Å². The van der Waals surface area contributed by atoms with Gasteiger partial charge in [-0.1, -0.05) is 12.1 Å². The number of sulfonamides is 1. The van der Waals surface area contributed by atoms with Crippen molar-refractivity contribution in [3.63, 3.8) is 0 Å². The molecule has 1 aromatic rings. The highest BCUT2D eigenvalue weighted by Gasteiger charge is 2.28. The highest BCUT2D eigenvalue weighted by atomic mass is 35.5. The van der Waals surface area contributed by atoms with Gasteiger partial charge in [0.15, 0.2) is 0 Å². The van der Waals surface area contributed by atoms with Crippen LogP contribution in [0.15, 0.2) is 24.3 Å². The number of hydrogen-bond donors (Lipinski definition) is 2. The Labute approximate surface area is 133 Å². The first kappa shape index (κ1) is 20.7. The molecule has 0 atom stereocenters. The maximum absolute atomic E-state index is 12.9. The van der Waals surface area contributed by atoms with Crippen LogP contribution in [0.1, 0.15) is 15.9 Å². The fraction of sp³-hybridized carbons (Fsp3) is 0.417. The summed E-state index contributed by atoms with van der Waals surface area (Å²) in [6, 6.07) is 5.72. The summed E-state index contributed by atoms with van der Waals surface area (Å²) in [4.78, 5) is 11.3. The number of carbonyl (C=O) groups excluding carboxylic acids is 1. The number of rotatable bonds is 7. The molecule has 1 rings (SSSR count). The van der Waals surface area contributed by atoms with Crippen LogP contribution < -0.4 is 10.5 Å². The van der Waals surface area contributed by atoms with E-state index in [4.69, 9.17) is 5.73 Å². The fourth-order valence-corrected chi connectivity index (χ4v) is 2.62. The second-order valence-corrected chi connectivity index (χ2v) is 6.14. The Bertz CT molecular complexity index is 611. The zero-order valence-electron chi connectivity index (χ0n) is 11.7. The number of halogens is 3. The fourth-order valence-electron chi connectivity index (χ4n) is 1.46. The highest BCUT2D eigenvalue weighted by Crippen LogP contribution is 2.12. The van der Waals surface area contributed by atoms with Crippen molar-refractivity contribution < 1.29 is 26.7 Å². The molecular formula is C12H17ClF2N2O4S. The standard InChI is InChI=1S/C12H16F2N2O4S.ClH/c1-20-11(17)10-4-2-3-9(5-10)6-21(18,19)16-8-12(13,14)7-15;/h2-5,16H,6-8,15H2,1H3;1H. The summed E-state index contributed by atoms with van der Waals surface area (Å²) in [5, 5.41) is 0. The molecule has 22 heavy (non-hydrogen) atoms. The zero-order valence-corrected chi connectivity index (χ0v) is 13.3. The summed E-state index contributed by atoms with van der Waals surface area (Å²) >= 11 is 0. The van der Waals surface area contributed by atoms with Crippen molar-refractivity contribution in [1.82, 2.24) is 4.72 Å². The first-order valence-electron chi connectivity index (χ1n) is 5.91. The van der Waals surface area contributed by atoms with Crippen LogP contribution in [0.5, 0.6) is 0 Å². The van der Waals surface area contributed by atoms with Gasteiger partial charge in [-0.05, 0) is 17.7 Å². The topological polar surface area (TPSA) is 98.5 Å². The molecule has 0 amide bonds. The first-order chi connectivity index (χ1) is 9.69. The van der Waals surface area contributed by atoms with E-state index in [2.05, 4.69) is 4.74 Å². The maximum atomic E-state index is 12.9. The summed E-state index contributed by atoms with van der Waals surface area (Å²) < 4.78 is 55.6. The van der Waals surface area contributed by atoms with Crippen LogP contribution in [0, 0.1) is 0 Å². The molecule has 10 heteroatoms. The van der Waals surface area contributed by atoms with Gasteiger partial charge in [0.25, 0.3) is 5.92 Å². The molecule has 0 radical (unpaired) electrons. The minimum absolute atomic E-state index is 0. The number of ether oxygens (including phenoxy) is 1. The predicted octanol–water partition coefficient (Wildman–Crippen LogP) is 0.908. The maximum Gasteiger partial charge on any atom is 0.337 e. The summed E-state index contributed by atoms with van der Waals surface area (Å²) in [5.74, 6) is -4.45. The molecule has 3 N–H and O–H groups in total. The van der Waals surface area contributed by atoms with Crippen LogP contribution in [-0.4, -0.2) is 40.5 Å². The normalized spacial score (nSPS) is 11.6. The van der Waals surface area contributed by atoms with Crippen LogP contribution in [-0.2, 0) is 20.5 Å². The second-order valence-electron chi connectivity index (χ2n) is 4.33. The Morgan fingerprint density at radius 1 is 1.41 bits per heavy atom. The first-order valence-corrected chi connectivity index (χ1v) is 7.57. The highest BCUT2D eigenvalue weighted by molar-refractivity contribution is 7.88. The summed E-state index contributed by atoms with van der Waals surface area (Å²) in [7, 11) is -2.77. The third kappa shape index (κ3) is 6.65. The number of alkyl halides is 2. The van der Waals surface area contributed by atoms with Gasteiger partial charge in [-0.25, -0.2) is 26.7 Å². The number of nitrogens with one attached hydrogen (secondary N) is 1. The quantitative estimate of drug-likeness (QED) is 0.706. The molecule has 0 aliphatic heterocycles. The van der Waals surface area contributed by atoms with E-state index in [1.54, 1.807) is 4.72 Å². The Morgan fingerprint density at radius 3 is 2.59 bits per heavy atom. The zero-order chi connectivity index (χ0) is 16.1. The van der Waals surface area contributed by atoms with E-state index in [0.29, 0.717) is 0 Å². The van der Waals surface area contributed by atoms with Gasteiger partial charge < -0.3 is 10.5 Å². The molecule has 0 saturated carbocycles. The van der Waals surface area contributed by atoms with Crippen LogP contribution in [0.4, 0.5) is 8.78 Å². The van der Waals surface area contributed by atoms with Crippen LogP contribution in [0.2, 0.25) is 0 Å². The number of carbonyl (C=O) groups is 1. The molecule has 0 aliphatic rings. The molecular weight excluding hydrogens is 342 g/mol. The lowest BCUT2D eigenvalue weighted by Crippen LogP contribution is -2.41. The molecule has 0 saturated heterocycles. The molecule has 0 unspecified atom stereocenters. The van der Waals surface area contributed by atoms with E-state index < -0.39 is 40.8 Å². The van der Waals surface area contributed by atoms with Crippen molar-refractivity contribution in [2.75, 3.05) is 20.2 Å². The van der Waals surface area contributed by atoms with Gasteiger partial charge in [-0.2, -0.15) is 0 Å². The van der Waals surface area contributed by atoms with Crippen LogP contribution in [0.3, 0.4) is 0 Å². The molecule has 0 fully saturated rings. The van der Waals surface area contributed by atoms with Gasteiger partial charge in [-0.3, -0.25) is 0 Å². The number of esters is 1. The van der Waals surface area contributed by atoms with Gasteiger partial charge in [0.2, 0.25) is 10.0 Å². The lowest BCUT2D eigenvalue weighted by atomic mass is 10.1. The van der Waals surface area contributed by atoms with E-state index in [9.17, 15) is 22.0 Å². The number of benzene rings is 1. The van der Waals surface area contributed by atoms with Crippen molar-refractivity contribution in [3.8, 4) is 0 Å². The monoisotopic (exact) mass is 358 g/mol. The Hall–Kier alpha value is -1.29. The molecule has 0 bridgehead atoms. The Kier molecular flexibility index (Phi) is 7.88. The Morgan fingerprint density at radius 2 is 2.05 bits per heavy atom. The van der Waals surface area contributed by atoms with Crippen molar-refractivity contribution >= 4 is 28.4 Å². The molecule has 126 valence electrons. The average molecular weight is 359 g/mol. The minimum Gasteiger partial charge on any atom is -0.465 e. The second kappa shape index (κ2) is 8.37. The van der Waals surface area contributed by atoms with E-state index in [0.717, 1.165) is 0 Å². The van der Waals surface area contributed by atoms with Gasteiger partial charge >= 0.3 is 5.97 Å². The lowest BCUT2D eigenvalue weighted by Gasteiger charge is -2.14. The third-order valence-electron chi connectivity index (χ3n) is 2.55. The van der Waals surface area contributed by atoms with E-state index in [1.165, 1.54) is 31.4 Å². The van der Waals surface area contributed by atoms with Crippen molar-refractivity contribution in [3.05, 3.63) is 35.4 Å². The molecule has 0 heterocycles. The van der Waals surface area contributed by atoms with E-state index in [-0.39, 0.29) is 23.5 Å². The predicted molar refractivity (Wildman–Crippen MR) is 79.7 cm³/mol. The van der Waals surface area contributed by atoms with Crippen molar-refractivity contribution in [2.24, 2.45) is 5.73 Å². The molecule has 1 aromatic carbocycles. The SMILES string of the molecule is COC(=O)c1cccc(CS(=O)(=O)NCC(F)(F)CN)c1.Cl. The largest absolute Gasteiger partial charge is 0.465 e. The van der Waals surface area contributed by atoms with Crippen LogP contribution >= 0.6 is 12.4 Å². The van der Waals surface area contributed by atoms with Crippen LogP contribution in [0.25, 0.3) is 0 Å². The number of hydrogen-bond acceptors (Lipinski definition) is 5. The van der Waals surface area contributed by atoms with Gasteiger partial charge in [-0.15, -0.1) is 12.4 Å². The lowest BCUT2D eigenvalue weighted by molar-refractivity contribution is 0.0170. The van der Waals surface area contributed by atoms with Gasteiger partial charge in [0.05, 0.1) is 31.5 Å². The molecule has 0 aliphatic carbocycles. The summed E-state index contributed by atoms with van der Waals surface area (Å²) in [6.45, 7) is -2.02. The molecule has 0 spiro atoms. The van der Waals surface area contributed by atoms with E-state index in [1.807, 2.05) is 0 Å². The minimum atomic E-state index is -3.96. The summed E-state index contributed by atoms with van der Waals surface area (Å²) in [6.07, 6.45) is 0. The Balaban J connectivity index is 0.00000441. The van der Waals surface area contributed by atoms with E-state index >= 15 is 0 Å². The average Bonchev–Trinajstić information content (AvgIpc) is 2.44. The molecule has 0 aromatic heterocycles.